The number of aromatic nitrogens is 9. The fourth-order valence-corrected chi connectivity index (χ4v) is 19.8. The largest absolute Gasteiger partial charge is 0.454 e. The van der Waals surface area contributed by atoms with Gasteiger partial charge in [-0.05, 0) is 154 Å². The number of hydrogen-bond acceptors (Lipinski definition) is 7. The Morgan fingerprint density at radius 2 is 0.548 bits per heavy atom. The summed E-state index contributed by atoms with van der Waals surface area (Å²) in [5.74, 6) is 2.17. The van der Waals surface area contributed by atoms with E-state index >= 15 is 0 Å². The van der Waals surface area contributed by atoms with Gasteiger partial charge in [0, 0.05) is 123 Å². The topological polar surface area (TPSA) is 105 Å². The molecule has 18 aromatic carbocycles. The molecular formula is C116H73N9O. The third-order valence-corrected chi connectivity index (χ3v) is 25.5. The van der Waals surface area contributed by atoms with E-state index in [1.165, 1.54) is 98.9 Å². The summed E-state index contributed by atoms with van der Waals surface area (Å²) in [6, 6.07) is 147. The summed E-state index contributed by atoms with van der Waals surface area (Å²) >= 11 is 0. The van der Waals surface area contributed by atoms with Crippen molar-refractivity contribution in [1.29, 1.82) is 0 Å². The first-order chi connectivity index (χ1) is 62.5. The van der Waals surface area contributed by atoms with Crippen LogP contribution in [0.3, 0.4) is 0 Å². The number of hydrogen-bond donors (Lipinski definition) is 0. The Morgan fingerprint density at radius 3 is 1.01 bits per heavy atom. The molecule has 2 aliphatic rings. The molecule has 2 aliphatic carbocycles. The van der Waals surface area contributed by atoms with E-state index in [2.05, 4.69) is 359 Å². The minimum atomic E-state index is 0.709. The molecular weight excluding hydrogens is 1540 g/mol. The molecule has 25 aromatic rings. The zero-order valence-electron chi connectivity index (χ0n) is 68.2. The first-order valence-electron chi connectivity index (χ1n) is 42.9. The zero-order chi connectivity index (χ0) is 82.9. The lowest BCUT2D eigenvalue weighted by atomic mass is 10.0. The Hall–Kier alpha value is -16.8. The van der Waals surface area contributed by atoms with Crippen LogP contribution in [0.25, 0.3) is 227 Å². The van der Waals surface area contributed by atoms with Crippen molar-refractivity contribution in [3.63, 3.8) is 0 Å². The first-order valence-corrected chi connectivity index (χ1v) is 42.9. The van der Waals surface area contributed by atoms with Gasteiger partial charge in [-0.15, -0.1) is 0 Å². The Morgan fingerprint density at radius 1 is 0.206 bits per heavy atom. The van der Waals surface area contributed by atoms with Gasteiger partial charge in [-0.3, -0.25) is 0 Å². The molecule has 27 rings (SSSR count). The van der Waals surface area contributed by atoms with Crippen LogP contribution < -0.4 is 0 Å². The number of benzene rings is 18. The van der Waals surface area contributed by atoms with E-state index < -0.39 is 0 Å². The fraction of sp³-hybridized carbons (Fsp3) is 0.0172. The van der Waals surface area contributed by atoms with Gasteiger partial charge in [0.1, 0.15) is 5.58 Å². The lowest BCUT2D eigenvalue weighted by Crippen LogP contribution is -1.99. The van der Waals surface area contributed by atoms with Crippen molar-refractivity contribution in [2.24, 2.45) is 0 Å². The van der Waals surface area contributed by atoms with Gasteiger partial charge < -0.3 is 18.1 Å². The standard InChI is InChI=1S/2C39H25N3.C38H23N3O/c1-2-11-25(12-3-1)37-33-18-6-8-19-35(33)40-39(41-37)27-14-10-15-28(23-27)42-36-20-9-7-17-31(36)32-22-21-30-29-16-5-4-13-26(29)24-34(30)38(32)42;1-2-10-25(11-3-1)37-33-15-6-8-16-35(33)40-39(41-37)26-18-20-28(21-19-26)42-36-17-9-7-14-31(36)32-23-22-30-29-13-5-4-12-27(29)24-34(30)38(32)42;1-2-10-24(11-3-1)35-31-14-4-7-15-32(31)39-38(40-35)25-18-20-26(21-19-25)41-33-16-8-5-12-27(33)29-22-23-30-28-13-6-9-17-34(28)42-37(30)36(29)41/h2*1-23H,24H2;1-23H. The van der Waals surface area contributed by atoms with Crippen LogP contribution in [0.2, 0.25) is 0 Å². The molecule has 10 heteroatoms. The molecule has 7 aromatic heterocycles. The molecule has 126 heavy (non-hydrogen) atoms. The molecule has 0 saturated carbocycles. The second-order valence-electron chi connectivity index (χ2n) is 32.6. The van der Waals surface area contributed by atoms with E-state index in [0.717, 1.165) is 158 Å². The van der Waals surface area contributed by atoms with Crippen LogP contribution in [0.5, 0.6) is 0 Å². The first kappa shape index (κ1) is 72.0. The fourth-order valence-electron chi connectivity index (χ4n) is 19.8. The molecule has 0 unspecified atom stereocenters. The van der Waals surface area contributed by atoms with Crippen LogP contribution in [-0.4, -0.2) is 43.6 Å². The predicted octanol–water partition coefficient (Wildman–Crippen LogP) is 29.2. The molecule has 0 radical (unpaired) electrons. The highest BCUT2D eigenvalue weighted by Gasteiger charge is 2.29. The second-order valence-corrected chi connectivity index (χ2v) is 32.6. The molecule has 0 saturated heterocycles. The molecule has 0 aliphatic heterocycles. The van der Waals surface area contributed by atoms with Crippen LogP contribution in [0.15, 0.2) is 423 Å². The van der Waals surface area contributed by atoms with E-state index in [4.69, 9.17) is 34.3 Å². The summed E-state index contributed by atoms with van der Waals surface area (Å²) in [6.45, 7) is 0. The third-order valence-electron chi connectivity index (χ3n) is 25.5. The molecule has 7 heterocycles. The van der Waals surface area contributed by atoms with Crippen LogP contribution >= 0.6 is 0 Å². The second kappa shape index (κ2) is 29.5. The maximum Gasteiger partial charge on any atom is 0.160 e. The zero-order valence-corrected chi connectivity index (χ0v) is 68.2. The van der Waals surface area contributed by atoms with Gasteiger partial charge in [-0.25, -0.2) is 29.9 Å². The number of para-hydroxylation sites is 7. The van der Waals surface area contributed by atoms with Crippen molar-refractivity contribution < 1.29 is 4.42 Å². The highest BCUT2D eigenvalue weighted by Crippen LogP contribution is 2.48. The summed E-state index contributed by atoms with van der Waals surface area (Å²) in [4.78, 5) is 30.3. The van der Waals surface area contributed by atoms with Gasteiger partial charge in [-0.2, -0.15) is 0 Å². The lowest BCUT2D eigenvalue weighted by Gasteiger charge is -2.13. The normalized spacial score (nSPS) is 12.1. The Balaban J connectivity index is 0.000000103. The van der Waals surface area contributed by atoms with Gasteiger partial charge in [0.25, 0.3) is 0 Å². The molecule has 0 N–H and O–H groups in total. The van der Waals surface area contributed by atoms with E-state index in [0.29, 0.717) is 5.82 Å². The number of fused-ring (bicyclic) bond motifs is 24. The molecule has 0 fully saturated rings. The van der Waals surface area contributed by atoms with Crippen molar-refractivity contribution in [3.05, 3.63) is 441 Å². The minimum absolute atomic E-state index is 0.709. The van der Waals surface area contributed by atoms with Crippen LogP contribution in [0.1, 0.15) is 22.3 Å². The van der Waals surface area contributed by atoms with E-state index in [9.17, 15) is 0 Å². The van der Waals surface area contributed by atoms with Crippen LogP contribution in [0, 0.1) is 0 Å². The van der Waals surface area contributed by atoms with Crippen molar-refractivity contribution >= 4 is 120 Å². The van der Waals surface area contributed by atoms with Gasteiger partial charge >= 0.3 is 0 Å². The van der Waals surface area contributed by atoms with Crippen molar-refractivity contribution in [2.75, 3.05) is 0 Å². The summed E-state index contributed by atoms with van der Waals surface area (Å²) in [7, 11) is 0. The Kier molecular flexibility index (Phi) is 16.9. The molecule has 588 valence electrons. The average Bonchev–Trinajstić information content (AvgIpc) is 1.57. The SMILES string of the molecule is c1ccc(-c2nc(-c3ccc(-n4c5ccccc5c5ccc6c(c54)Cc4ccccc4-6)cc3)nc3ccccc23)cc1.c1ccc(-c2nc(-c3ccc(-n4c5ccccc5c5ccc6c7ccccc7oc6c54)cc3)nc3ccccc23)cc1.c1ccc(-c2nc(-c3cccc(-n4c5ccccc5c5ccc6c(c54)Cc4ccccc4-6)c3)nc3ccccc23)cc1. The number of rotatable bonds is 9. The summed E-state index contributed by atoms with van der Waals surface area (Å²) in [6.07, 6.45) is 1.89. The third kappa shape index (κ3) is 11.9. The monoisotopic (exact) mass is 1610 g/mol. The smallest absolute Gasteiger partial charge is 0.160 e. The van der Waals surface area contributed by atoms with E-state index in [1.54, 1.807) is 0 Å². The van der Waals surface area contributed by atoms with Gasteiger partial charge in [0.2, 0.25) is 0 Å². The van der Waals surface area contributed by atoms with Crippen molar-refractivity contribution in [1.82, 2.24) is 43.6 Å². The molecule has 0 spiro atoms. The van der Waals surface area contributed by atoms with Gasteiger partial charge in [-0.1, -0.05) is 309 Å². The lowest BCUT2D eigenvalue weighted by molar-refractivity contribution is 0.671. The minimum Gasteiger partial charge on any atom is -0.454 e. The maximum atomic E-state index is 6.51. The number of nitrogens with zero attached hydrogens (tertiary/aromatic N) is 9. The Labute approximate surface area is 724 Å². The molecule has 0 bridgehead atoms. The van der Waals surface area contributed by atoms with E-state index in [1.807, 2.05) is 72.8 Å². The molecule has 0 amide bonds. The Bertz CT molecular complexity index is 8710. The van der Waals surface area contributed by atoms with Crippen molar-refractivity contribution in [2.45, 2.75) is 12.8 Å². The van der Waals surface area contributed by atoms with E-state index in [-0.39, 0.29) is 0 Å². The molecule has 10 nitrogen and oxygen atoms in total. The predicted molar refractivity (Wildman–Crippen MR) is 518 cm³/mol. The average molecular weight is 1610 g/mol. The highest BCUT2D eigenvalue weighted by atomic mass is 16.3. The maximum absolute atomic E-state index is 6.51. The number of furan rings is 1. The summed E-state index contributed by atoms with van der Waals surface area (Å²) < 4.78 is 13.7. The summed E-state index contributed by atoms with van der Waals surface area (Å²) in [5, 5.41) is 12.9. The highest BCUT2D eigenvalue weighted by molar-refractivity contribution is 6.22. The van der Waals surface area contributed by atoms with Gasteiger partial charge in [0.15, 0.2) is 23.1 Å². The van der Waals surface area contributed by atoms with Gasteiger partial charge in [0.05, 0.1) is 66.7 Å². The quantitative estimate of drug-likeness (QED) is 0.142. The van der Waals surface area contributed by atoms with Crippen LogP contribution in [0.4, 0.5) is 0 Å². The van der Waals surface area contributed by atoms with Crippen molar-refractivity contribution in [3.8, 4) is 107 Å². The van der Waals surface area contributed by atoms with Crippen LogP contribution in [-0.2, 0) is 12.8 Å². The molecule has 0 atom stereocenters. The summed E-state index contributed by atoms with van der Waals surface area (Å²) in [5.41, 5.74) is 35.2.